The molecule has 0 aliphatic heterocycles. The van der Waals surface area contributed by atoms with Gasteiger partial charge in [-0.25, -0.2) is 4.98 Å². The fraction of sp³-hybridized carbons (Fsp3) is 0.0952. The monoisotopic (exact) mass is 455 g/mol. The zero-order valence-corrected chi connectivity index (χ0v) is 17.8. The molecule has 0 fully saturated rings. The minimum atomic E-state index is -0.276. The van der Waals surface area contributed by atoms with Gasteiger partial charge in [-0.15, -0.1) is 0 Å². The number of carbonyl (C=O) groups is 2. The van der Waals surface area contributed by atoms with Gasteiger partial charge in [0.15, 0.2) is 0 Å². The number of aromatic nitrogens is 1. The van der Waals surface area contributed by atoms with Gasteiger partial charge in [0, 0.05) is 40.9 Å². The van der Waals surface area contributed by atoms with Crippen molar-refractivity contribution in [2.45, 2.75) is 9.92 Å². The van der Waals surface area contributed by atoms with E-state index in [0.717, 1.165) is 9.37 Å². The fourth-order valence-electron chi connectivity index (χ4n) is 2.45. The number of nitrogens with one attached hydrogen (secondary N) is 1. The van der Waals surface area contributed by atoms with E-state index < -0.39 is 0 Å². The van der Waals surface area contributed by atoms with E-state index in [0.29, 0.717) is 21.8 Å². The van der Waals surface area contributed by atoms with Gasteiger partial charge in [-0.1, -0.05) is 33.8 Å². The molecule has 1 heterocycles. The van der Waals surface area contributed by atoms with Crippen molar-refractivity contribution in [3.63, 3.8) is 0 Å². The van der Waals surface area contributed by atoms with Crippen LogP contribution in [0.3, 0.4) is 0 Å². The van der Waals surface area contributed by atoms with Gasteiger partial charge in [0.2, 0.25) is 0 Å². The molecule has 1 aromatic heterocycles. The Bertz CT molecular complexity index is 1010. The Hall–Kier alpha value is -2.64. The number of benzene rings is 2. The lowest BCUT2D eigenvalue weighted by Crippen LogP contribution is -2.22. The van der Waals surface area contributed by atoms with Crippen LogP contribution in [0, 0.1) is 0 Å². The van der Waals surface area contributed by atoms with Crippen LogP contribution in [-0.4, -0.2) is 35.8 Å². The van der Waals surface area contributed by atoms with E-state index in [1.807, 2.05) is 24.3 Å². The quantitative estimate of drug-likeness (QED) is 0.590. The summed E-state index contributed by atoms with van der Waals surface area (Å²) in [4.78, 5) is 31.8. The Morgan fingerprint density at radius 3 is 2.50 bits per heavy atom. The molecule has 0 unspecified atom stereocenters. The smallest absolute Gasteiger partial charge is 0.258 e. The van der Waals surface area contributed by atoms with E-state index in [9.17, 15) is 9.59 Å². The van der Waals surface area contributed by atoms with Gasteiger partial charge in [-0.2, -0.15) is 0 Å². The zero-order valence-electron chi connectivity index (χ0n) is 15.3. The number of carbonyl (C=O) groups excluding carboxylic acids is 2. The average Bonchev–Trinajstić information content (AvgIpc) is 2.69. The van der Waals surface area contributed by atoms with Gasteiger partial charge >= 0.3 is 0 Å². The van der Waals surface area contributed by atoms with E-state index >= 15 is 0 Å². The number of halogens is 1. The average molecular weight is 456 g/mol. The summed E-state index contributed by atoms with van der Waals surface area (Å²) in [5, 5.41) is 3.47. The van der Waals surface area contributed by atoms with Crippen molar-refractivity contribution in [1.29, 1.82) is 0 Å². The van der Waals surface area contributed by atoms with Crippen LogP contribution in [0.5, 0.6) is 0 Å². The maximum absolute atomic E-state index is 12.8. The normalized spacial score (nSPS) is 10.4. The molecule has 2 amide bonds. The van der Waals surface area contributed by atoms with Crippen molar-refractivity contribution in [2.24, 2.45) is 0 Å². The SMILES string of the molecule is CN(C)C(=O)c1cccc(NC(=O)c2cccnc2Sc2ccc(Br)cc2)c1. The zero-order chi connectivity index (χ0) is 20.1. The predicted molar refractivity (Wildman–Crippen MR) is 115 cm³/mol. The summed E-state index contributed by atoms with van der Waals surface area (Å²) in [6.07, 6.45) is 1.66. The third kappa shape index (κ3) is 4.99. The van der Waals surface area contributed by atoms with Gasteiger partial charge in [-0.05, 0) is 54.6 Å². The Labute approximate surface area is 176 Å². The van der Waals surface area contributed by atoms with Crippen molar-refractivity contribution < 1.29 is 9.59 Å². The Kier molecular flexibility index (Phi) is 6.49. The first-order valence-electron chi connectivity index (χ1n) is 8.45. The molecule has 0 aliphatic carbocycles. The van der Waals surface area contributed by atoms with Crippen LogP contribution in [0.2, 0.25) is 0 Å². The molecule has 3 aromatic rings. The largest absolute Gasteiger partial charge is 0.345 e. The van der Waals surface area contributed by atoms with Gasteiger partial charge in [0.1, 0.15) is 5.03 Å². The molecule has 28 heavy (non-hydrogen) atoms. The highest BCUT2D eigenvalue weighted by atomic mass is 79.9. The topological polar surface area (TPSA) is 62.3 Å². The molecule has 0 bridgehead atoms. The number of hydrogen-bond donors (Lipinski definition) is 1. The maximum Gasteiger partial charge on any atom is 0.258 e. The van der Waals surface area contributed by atoms with E-state index in [4.69, 9.17) is 0 Å². The molecule has 2 aromatic carbocycles. The third-order valence-electron chi connectivity index (χ3n) is 3.82. The van der Waals surface area contributed by atoms with Gasteiger partial charge in [-0.3, -0.25) is 9.59 Å². The van der Waals surface area contributed by atoms with Crippen LogP contribution < -0.4 is 5.32 Å². The summed E-state index contributed by atoms with van der Waals surface area (Å²) in [5.41, 5.74) is 1.54. The lowest BCUT2D eigenvalue weighted by atomic mass is 10.1. The molecule has 0 saturated heterocycles. The first-order chi connectivity index (χ1) is 13.4. The number of amides is 2. The highest BCUT2D eigenvalue weighted by molar-refractivity contribution is 9.10. The van der Waals surface area contributed by atoms with Crippen molar-refractivity contribution >= 4 is 45.2 Å². The second kappa shape index (κ2) is 9.03. The molecular formula is C21H18BrN3O2S. The molecular weight excluding hydrogens is 438 g/mol. The molecule has 3 rings (SSSR count). The maximum atomic E-state index is 12.8. The van der Waals surface area contributed by atoms with Crippen molar-refractivity contribution in [3.8, 4) is 0 Å². The van der Waals surface area contributed by atoms with Crippen molar-refractivity contribution in [1.82, 2.24) is 9.88 Å². The Balaban J connectivity index is 1.81. The van der Waals surface area contributed by atoms with Crippen LogP contribution in [-0.2, 0) is 0 Å². The number of nitrogens with zero attached hydrogens (tertiary/aromatic N) is 2. The highest BCUT2D eigenvalue weighted by Crippen LogP contribution is 2.30. The van der Waals surface area contributed by atoms with Crippen LogP contribution in [0.25, 0.3) is 0 Å². The fourth-order valence-corrected chi connectivity index (χ4v) is 3.59. The van der Waals surface area contributed by atoms with E-state index in [-0.39, 0.29) is 11.8 Å². The lowest BCUT2D eigenvalue weighted by molar-refractivity contribution is 0.0827. The molecule has 1 N–H and O–H groups in total. The molecule has 7 heteroatoms. The molecule has 0 spiro atoms. The van der Waals surface area contributed by atoms with E-state index in [2.05, 4.69) is 26.2 Å². The molecule has 0 atom stereocenters. The summed E-state index contributed by atoms with van der Waals surface area (Å²) in [6, 6.07) is 18.1. The second-order valence-electron chi connectivity index (χ2n) is 6.15. The van der Waals surface area contributed by atoms with Crippen LogP contribution >= 0.6 is 27.7 Å². The third-order valence-corrected chi connectivity index (χ3v) is 5.37. The Morgan fingerprint density at radius 1 is 1.04 bits per heavy atom. The number of rotatable bonds is 5. The van der Waals surface area contributed by atoms with Crippen LogP contribution in [0.15, 0.2) is 81.3 Å². The number of hydrogen-bond acceptors (Lipinski definition) is 4. The van der Waals surface area contributed by atoms with Gasteiger partial charge in [0.05, 0.1) is 5.56 Å². The second-order valence-corrected chi connectivity index (χ2v) is 8.12. The van der Waals surface area contributed by atoms with E-state index in [1.165, 1.54) is 16.7 Å². The molecule has 0 aliphatic rings. The number of anilines is 1. The molecule has 142 valence electrons. The highest BCUT2D eigenvalue weighted by Gasteiger charge is 2.15. The first-order valence-corrected chi connectivity index (χ1v) is 10.1. The minimum Gasteiger partial charge on any atom is -0.345 e. The standard InChI is InChI=1S/C21H18BrN3O2S/c1-25(2)21(27)14-5-3-6-16(13-14)24-19(26)18-7-4-12-23-20(18)28-17-10-8-15(22)9-11-17/h3-13H,1-2H3,(H,24,26). The number of pyridine rings is 1. The molecule has 5 nitrogen and oxygen atoms in total. The van der Waals surface area contributed by atoms with Gasteiger partial charge in [0.25, 0.3) is 11.8 Å². The predicted octanol–water partition coefficient (Wildman–Crippen LogP) is 4.95. The van der Waals surface area contributed by atoms with E-state index in [1.54, 1.807) is 56.7 Å². The summed E-state index contributed by atoms with van der Waals surface area (Å²) in [6.45, 7) is 0. The van der Waals surface area contributed by atoms with Crippen LogP contribution in [0.1, 0.15) is 20.7 Å². The summed E-state index contributed by atoms with van der Waals surface area (Å²) in [7, 11) is 3.38. The van der Waals surface area contributed by atoms with Gasteiger partial charge < -0.3 is 10.2 Å². The van der Waals surface area contributed by atoms with Crippen molar-refractivity contribution in [3.05, 3.63) is 82.5 Å². The summed E-state index contributed by atoms with van der Waals surface area (Å²) >= 11 is 4.83. The molecule has 0 saturated carbocycles. The summed E-state index contributed by atoms with van der Waals surface area (Å²) in [5.74, 6) is -0.397. The Morgan fingerprint density at radius 2 is 1.79 bits per heavy atom. The van der Waals surface area contributed by atoms with Crippen molar-refractivity contribution in [2.75, 3.05) is 19.4 Å². The van der Waals surface area contributed by atoms with Crippen LogP contribution in [0.4, 0.5) is 5.69 Å². The first kappa shape index (κ1) is 20.1. The lowest BCUT2D eigenvalue weighted by Gasteiger charge is -2.12. The molecule has 0 radical (unpaired) electrons. The summed E-state index contributed by atoms with van der Waals surface area (Å²) < 4.78 is 0.989. The minimum absolute atomic E-state index is 0.121.